The summed E-state index contributed by atoms with van der Waals surface area (Å²) in [6.45, 7) is 7.87. The zero-order chi connectivity index (χ0) is 11.6. The summed E-state index contributed by atoms with van der Waals surface area (Å²) in [7, 11) is 0. The molecule has 0 saturated heterocycles. The molecule has 0 heterocycles. The van der Waals surface area contributed by atoms with Gasteiger partial charge in [0.25, 0.3) is 0 Å². The fourth-order valence-electron chi connectivity index (χ4n) is 0.955. The molecular formula is C11H17FN2S. The van der Waals surface area contributed by atoms with E-state index < -0.39 is 0 Å². The second-order valence-corrected chi connectivity index (χ2v) is 5.44. The first kappa shape index (κ1) is 12.3. The fraction of sp³-hybridized carbons (Fsp3) is 0.455. The van der Waals surface area contributed by atoms with Crippen molar-refractivity contribution in [3.63, 3.8) is 0 Å². The van der Waals surface area contributed by atoms with Crippen molar-refractivity contribution >= 4 is 17.6 Å². The second-order valence-electron chi connectivity index (χ2n) is 4.59. The SMILES string of the molecule is Cc1cc(F)c(SNC(C)(C)C)cc1N. The van der Waals surface area contributed by atoms with E-state index in [-0.39, 0.29) is 11.4 Å². The van der Waals surface area contributed by atoms with Gasteiger partial charge in [0, 0.05) is 11.2 Å². The average molecular weight is 228 g/mol. The Balaban J connectivity index is 2.82. The largest absolute Gasteiger partial charge is 0.398 e. The standard InChI is InChI=1S/C11H17FN2S/c1-7-5-8(12)10(6-9(7)13)15-14-11(2,3)4/h5-6,14H,13H2,1-4H3. The molecule has 1 aromatic carbocycles. The van der Waals surface area contributed by atoms with Crippen molar-refractivity contribution < 1.29 is 4.39 Å². The first-order valence-corrected chi connectivity index (χ1v) is 5.61. The number of nitrogens with one attached hydrogen (secondary N) is 1. The van der Waals surface area contributed by atoms with Gasteiger partial charge in [-0.05, 0) is 57.3 Å². The molecule has 15 heavy (non-hydrogen) atoms. The first-order chi connectivity index (χ1) is 6.79. The van der Waals surface area contributed by atoms with Gasteiger partial charge in [0.05, 0.1) is 4.90 Å². The van der Waals surface area contributed by atoms with Crippen LogP contribution in [0.5, 0.6) is 0 Å². The van der Waals surface area contributed by atoms with Crippen molar-refractivity contribution in [2.75, 3.05) is 5.73 Å². The molecule has 1 aromatic rings. The number of nitrogen functional groups attached to an aromatic ring is 1. The van der Waals surface area contributed by atoms with Crippen molar-refractivity contribution in [1.29, 1.82) is 0 Å². The Morgan fingerprint density at radius 2 is 1.93 bits per heavy atom. The fourth-order valence-corrected chi connectivity index (χ4v) is 1.71. The van der Waals surface area contributed by atoms with E-state index in [0.29, 0.717) is 10.6 Å². The highest BCUT2D eigenvalue weighted by atomic mass is 32.2. The highest BCUT2D eigenvalue weighted by Gasteiger charge is 2.12. The van der Waals surface area contributed by atoms with Crippen molar-refractivity contribution in [2.45, 2.75) is 38.1 Å². The van der Waals surface area contributed by atoms with Crippen LogP contribution in [0.2, 0.25) is 0 Å². The minimum Gasteiger partial charge on any atom is -0.398 e. The molecule has 1 rings (SSSR count). The van der Waals surface area contributed by atoms with Gasteiger partial charge < -0.3 is 5.73 Å². The van der Waals surface area contributed by atoms with Crippen LogP contribution < -0.4 is 10.5 Å². The Kier molecular flexibility index (Phi) is 3.62. The van der Waals surface area contributed by atoms with Gasteiger partial charge in [0.2, 0.25) is 0 Å². The van der Waals surface area contributed by atoms with E-state index in [9.17, 15) is 4.39 Å². The van der Waals surface area contributed by atoms with E-state index >= 15 is 0 Å². The molecule has 0 aliphatic carbocycles. The van der Waals surface area contributed by atoms with Crippen molar-refractivity contribution in [2.24, 2.45) is 0 Å². The maximum Gasteiger partial charge on any atom is 0.138 e. The van der Waals surface area contributed by atoms with E-state index in [0.717, 1.165) is 5.56 Å². The monoisotopic (exact) mass is 228 g/mol. The molecule has 0 aliphatic rings. The number of aryl methyl sites for hydroxylation is 1. The molecular weight excluding hydrogens is 211 g/mol. The molecule has 0 spiro atoms. The maximum atomic E-state index is 13.5. The van der Waals surface area contributed by atoms with Gasteiger partial charge in [0.15, 0.2) is 0 Å². The van der Waals surface area contributed by atoms with E-state index in [1.54, 1.807) is 13.0 Å². The molecule has 0 saturated carbocycles. The van der Waals surface area contributed by atoms with Gasteiger partial charge in [-0.3, -0.25) is 4.72 Å². The van der Waals surface area contributed by atoms with Crippen LogP contribution in [0.1, 0.15) is 26.3 Å². The van der Waals surface area contributed by atoms with E-state index in [4.69, 9.17) is 5.73 Å². The topological polar surface area (TPSA) is 38.0 Å². The third-order valence-corrected chi connectivity index (χ3v) is 3.03. The van der Waals surface area contributed by atoms with Gasteiger partial charge in [-0.25, -0.2) is 4.39 Å². The van der Waals surface area contributed by atoms with Crippen molar-refractivity contribution in [3.05, 3.63) is 23.5 Å². The van der Waals surface area contributed by atoms with Gasteiger partial charge >= 0.3 is 0 Å². The average Bonchev–Trinajstić information content (AvgIpc) is 2.07. The number of halogens is 1. The molecule has 4 heteroatoms. The van der Waals surface area contributed by atoms with Crippen LogP contribution in [0.4, 0.5) is 10.1 Å². The molecule has 0 atom stereocenters. The van der Waals surface area contributed by atoms with Crippen LogP contribution in [-0.4, -0.2) is 5.54 Å². The Labute approximate surface area is 94.6 Å². The Morgan fingerprint density at radius 3 is 2.47 bits per heavy atom. The van der Waals surface area contributed by atoms with Crippen LogP contribution in [0.15, 0.2) is 17.0 Å². The predicted octanol–water partition coefficient (Wildman–Crippen LogP) is 3.11. The number of nitrogens with two attached hydrogens (primary N) is 1. The Bertz CT molecular complexity index is 358. The van der Waals surface area contributed by atoms with Crippen LogP contribution in [0.3, 0.4) is 0 Å². The minimum atomic E-state index is -0.233. The lowest BCUT2D eigenvalue weighted by Gasteiger charge is -2.19. The Hall–Kier alpha value is -0.740. The minimum absolute atomic E-state index is 0.0588. The van der Waals surface area contributed by atoms with Crippen molar-refractivity contribution in [1.82, 2.24) is 4.72 Å². The van der Waals surface area contributed by atoms with Crippen LogP contribution in [0, 0.1) is 12.7 Å². The smallest absolute Gasteiger partial charge is 0.138 e. The van der Waals surface area contributed by atoms with Crippen molar-refractivity contribution in [3.8, 4) is 0 Å². The zero-order valence-corrected chi connectivity index (χ0v) is 10.3. The van der Waals surface area contributed by atoms with Gasteiger partial charge in [0.1, 0.15) is 5.82 Å². The highest BCUT2D eigenvalue weighted by Crippen LogP contribution is 2.26. The third-order valence-electron chi connectivity index (χ3n) is 1.79. The lowest BCUT2D eigenvalue weighted by Crippen LogP contribution is -2.29. The quantitative estimate of drug-likeness (QED) is 0.603. The molecule has 0 radical (unpaired) electrons. The summed E-state index contributed by atoms with van der Waals surface area (Å²) in [6, 6.07) is 3.12. The maximum absolute atomic E-state index is 13.5. The number of rotatable bonds is 2. The summed E-state index contributed by atoms with van der Waals surface area (Å²) in [5.41, 5.74) is 7.05. The van der Waals surface area contributed by atoms with Gasteiger partial charge in [-0.2, -0.15) is 0 Å². The summed E-state index contributed by atoms with van der Waals surface area (Å²) in [6.07, 6.45) is 0. The predicted molar refractivity (Wildman–Crippen MR) is 64.3 cm³/mol. The molecule has 84 valence electrons. The molecule has 0 bridgehead atoms. The summed E-state index contributed by atoms with van der Waals surface area (Å²) in [5, 5.41) is 0. The molecule has 3 N–H and O–H groups in total. The molecule has 0 amide bonds. The summed E-state index contributed by atoms with van der Waals surface area (Å²) in [4.78, 5) is 0.535. The Morgan fingerprint density at radius 1 is 1.33 bits per heavy atom. The number of hydrogen-bond acceptors (Lipinski definition) is 3. The van der Waals surface area contributed by atoms with E-state index in [2.05, 4.69) is 4.72 Å². The summed E-state index contributed by atoms with van der Waals surface area (Å²) >= 11 is 1.27. The third kappa shape index (κ3) is 3.72. The highest BCUT2D eigenvalue weighted by molar-refractivity contribution is 7.97. The van der Waals surface area contributed by atoms with E-state index in [1.165, 1.54) is 18.0 Å². The second kappa shape index (κ2) is 4.41. The summed E-state index contributed by atoms with van der Waals surface area (Å²) < 4.78 is 16.6. The van der Waals surface area contributed by atoms with Gasteiger partial charge in [-0.1, -0.05) is 0 Å². The molecule has 0 fully saturated rings. The number of anilines is 1. The van der Waals surface area contributed by atoms with Crippen LogP contribution in [-0.2, 0) is 0 Å². The lowest BCUT2D eigenvalue weighted by atomic mass is 10.1. The normalized spacial score (nSPS) is 11.8. The lowest BCUT2D eigenvalue weighted by molar-refractivity contribution is 0.533. The first-order valence-electron chi connectivity index (χ1n) is 4.79. The van der Waals surface area contributed by atoms with Gasteiger partial charge in [-0.15, -0.1) is 0 Å². The summed E-state index contributed by atoms with van der Waals surface area (Å²) in [5.74, 6) is -0.233. The van der Waals surface area contributed by atoms with Crippen LogP contribution >= 0.6 is 11.9 Å². The molecule has 0 aromatic heterocycles. The molecule has 0 aliphatic heterocycles. The molecule has 2 nitrogen and oxygen atoms in total. The molecule has 0 unspecified atom stereocenters. The van der Waals surface area contributed by atoms with Crippen LogP contribution in [0.25, 0.3) is 0 Å². The number of hydrogen-bond donors (Lipinski definition) is 2. The number of benzene rings is 1. The zero-order valence-electron chi connectivity index (χ0n) is 9.52. The van der Waals surface area contributed by atoms with E-state index in [1.807, 2.05) is 20.8 Å².